The van der Waals surface area contributed by atoms with Gasteiger partial charge in [-0.15, -0.1) is 0 Å². The van der Waals surface area contributed by atoms with Crippen LogP contribution < -0.4 is 19.1 Å². The van der Waals surface area contributed by atoms with Gasteiger partial charge in [-0.2, -0.15) is 0 Å². The molecule has 12 heteroatoms. The van der Waals surface area contributed by atoms with Crippen LogP contribution >= 0.6 is 11.6 Å². The first-order valence-electron chi connectivity index (χ1n) is 12.1. The number of fused-ring (bicyclic) bond motifs is 1. The molecule has 0 aliphatic carbocycles. The molecule has 40 heavy (non-hydrogen) atoms. The van der Waals surface area contributed by atoms with Crippen LogP contribution in [0.1, 0.15) is 5.56 Å². The minimum absolute atomic E-state index is 0.00934. The van der Waals surface area contributed by atoms with Gasteiger partial charge in [0.1, 0.15) is 5.75 Å². The van der Waals surface area contributed by atoms with E-state index in [1.807, 2.05) is 13.0 Å². The molecule has 5 rings (SSSR count). The summed E-state index contributed by atoms with van der Waals surface area (Å²) < 4.78 is 62.1. The molecule has 0 saturated carbocycles. The number of halogens is 1. The van der Waals surface area contributed by atoms with Crippen molar-refractivity contribution in [1.29, 1.82) is 0 Å². The lowest BCUT2D eigenvalue weighted by Crippen LogP contribution is -2.48. The lowest BCUT2D eigenvalue weighted by Gasteiger charge is -2.34. The number of carbonyl (C=O) groups excluding carboxylic acids is 1. The smallest absolute Gasteiger partial charge is 0.267 e. The molecule has 1 aliphatic heterocycles. The number of anilines is 3. The van der Waals surface area contributed by atoms with Gasteiger partial charge >= 0.3 is 0 Å². The second-order valence-electron chi connectivity index (χ2n) is 9.05. The second-order valence-corrected chi connectivity index (χ2v) is 13.0. The van der Waals surface area contributed by atoms with Crippen molar-refractivity contribution >= 4 is 54.6 Å². The minimum Gasteiger partial charge on any atom is -0.476 e. The maximum atomic E-state index is 13.5. The van der Waals surface area contributed by atoms with Crippen LogP contribution in [0.4, 0.5) is 17.1 Å². The minimum atomic E-state index is -4.04. The Bertz CT molecular complexity index is 1780. The van der Waals surface area contributed by atoms with Gasteiger partial charge in [0.15, 0.2) is 6.10 Å². The number of nitrogens with one attached hydrogen (secondary N) is 2. The summed E-state index contributed by atoms with van der Waals surface area (Å²) in [5.41, 5.74) is 1.96. The number of rotatable bonds is 7. The largest absolute Gasteiger partial charge is 0.476 e. The monoisotopic (exact) mass is 597 g/mol. The van der Waals surface area contributed by atoms with Crippen LogP contribution in [0, 0.1) is 6.92 Å². The van der Waals surface area contributed by atoms with Crippen molar-refractivity contribution in [3.63, 3.8) is 0 Å². The third-order valence-electron chi connectivity index (χ3n) is 6.13. The van der Waals surface area contributed by atoms with Crippen LogP contribution in [0.5, 0.6) is 5.75 Å². The van der Waals surface area contributed by atoms with Crippen LogP contribution in [0.25, 0.3) is 0 Å². The van der Waals surface area contributed by atoms with Gasteiger partial charge in [0.2, 0.25) is 0 Å². The van der Waals surface area contributed by atoms with Gasteiger partial charge in [0.25, 0.3) is 26.0 Å². The number of hydrogen-bond donors (Lipinski definition) is 2. The summed E-state index contributed by atoms with van der Waals surface area (Å²) in [5.74, 6) is -0.366. The highest BCUT2D eigenvalue weighted by molar-refractivity contribution is 7.93. The molecule has 1 unspecified atom stereocenters. The standard InChI is InChI=1S/C28H24ClN3O6S2/c1-19-5-4-6-22(17-19)31-39(34,35)23-15-11-21(12-16-23)30-28(33)27-18-32(25-7-2-3-8-26(25)38-27)40(36,37)24-13-9-20(29)10-14-24/h2-17,27,31H,18H2,1H3,(H,30,33). The van der Waals surface area contributed by atoms with Crippen LogP contribution in [0.2, 0.25) is 5.02 Å². The zero-order valence-electron chi connectivity index (χ0n) is 21.1. The third-order valence-corrected chi connectivity index (χ3v) is 9.57. The lowest BCUT2D eigenvalue weighted by atomic mass is 10.2. The van der Waals surface area contributed by atoms with Crippen molar-refractivity contribution in [3.05, 3.63) is 108 Å². The predicted octanol–water partition coefficient (Wildman–Crippen LogP) is 5.04. The third kappa shape index (κ3) is 5.76. The molecule has 4 aromatic rings. The Balaban J connectivity index is 1.34. The van der Waals surface area contributed by atoms with Gasteiger partial charge < -0.3 is 10.1 Å². The summed E-state index contributed by atoms with van der Waals surface area (Å²) in [6.45, 7) is 1.58. The number of nitrogens with zero attached hydrogens (tertiary/aromatic N) is 1. The van der Waals surface area contributed by atoms with Crippen LogP contribution in [-0.4, -0.2) is 35.4 Å². The van der Waals surface area contributed by atoms with Crippen LogP contribution in [-0.2, 0) is 24.8 Å². The highest BCUT2D eigenvalue weighted by atomic mass is 35.5. The SMILES string of the molecule is Cc1cccc(NS(=O)(=O)c2ccc(NC(=O)C3CN(S(=O)(=O)c4ccc(Cl)cc4)c4ccccc4O3)cc2)c1. The summed E-state index contributed by atoms with van der Waals surface area (Å²) >= 11 is 5.93. The first-order valence-corrected chi connectivity index (χ1v) is 15.4. The van der Waals surface area contributed by atoms with E-state index in [-0.39, 0.29) is 22.1 Å². The Morgan fingerprint density at radius 3 is 2.23 bits per heavy atom. The van der Waals surface area contributed by atoms with E-state index in [2.05, 4.69) is 10.0 Å². The number of sulfonamides is 2. The quantitative estimate of drug-likeness (QED) is 0.308. The van der Waals surface area contributed by atoms with Crippen molar-refractivity contribution < 1.29 is 26.4 Å². The number of amides is 1. The average Bonchev–Trinajstić information content (AvgIpc) is 2.92. The van der Waals surface area contributed by atoms with Crippen LogP contribution in [0.3, 0.4) is 0 Å². The molecule has 0 aromatic heterocycles. The number of benzene rings is 4. The molecule has 4 aromatic carbocycles. The van der Waals surface area contributed by atoms with Gasteiger partial charge in [-0.3, -0.25) is 13.8 Å². The zero-order valence-corrected chi connectivity index (χ0v) is 23.5. The van der Waals surface area contributed by atoms with Gasteiger partial charge in [-0.1, -0.05) is 35.9 Å². The molecule has 9 nitrogen and oxygen atoms in total. The van der Waals surface area contributed by atoms with Gasteiger partial charge in [-0.05, 0) is 85.3 Å². The molecule has 1 heterocycles. The Morgan fingerprint density at radius 1 is 0.850 bits per heavy atom. The average molecular weight is 598 g/mol. The van der Waals surface area contributed by atoms with E-state index in [4.69, 9.17) is 16.3 Å². The molecule has 1 amide bonds. The summed E-state index contributed by atoms with van der Waals surface area (Å²) in [4.78, 5) is 13.2. The molecule has 1 aliphatic rings. The van der Waals surface area contributed by atoms with Crippen molar-refractivity contribution in [2.24, 2.45) is 0 Å². The molecule has 0 radical (unpaired) electrons. The van der Waals surface area contributed by atoms with Crippen molar-refractivity contribution in [1.82, 2.24) is 0 Å². The van der Waals surface area contributed by atoms with Gasteiger partial charge in [0.05, 0.1) is 22.0 Å². The van der Waals surface area contributed by atoms with E-state index >= 15 is 0 Å². The molecule has 0 spiro atoms. The summed E-state index contributed by atoms with van der Waals surface area (Å²) in [6, 6.07) is 24.9. The maximum absolute atomic E-state index is 13.5. The van der Waals surface area contributed by atoms with E-state index < -0.39 is 32.1 Å². The fraction of sp³-hybridized carbons (Fsp3) is 0.107. The Hall–Kier alpha value is -4.06. The van der Waals surface area contributed by atoms with Gasteiger partial charge in [-0.25, -0.2) is 16.8 Å². The van der Waals surface area contributed by atoms with Crippen molar-refractivity contribution in [3.8, 4) is 5.75 Å². The molecule has 1 atom stereocenters. The van der Waals surface area contributed by atoms with Crippen molar-refractivity contribution in [2.75, 3.05) is 20.9 Å². The maximum Gasteiger partial charge on any atom is 0.267 e. The molecule has 206 valence electrons. The van der Waals surface area contributed by atoms with E-state index in [1.165, 1.54) is 48.5 Å². The van der Waals surface area contributed by atoms with E-state index in [0.29, 0.717) is 22.1 Å². The summed E-state index contributed by atoms with van der Waals surface area (Å²) in [7, 11) is -7.89. The van der Waals surface area contributed by atoms with Crippen molar-refractivity contribution in [2.45, 2.75) is 22.8 Å². The van der Waals surface area contributed by atoms with E-state index in [1.54, 1.807) is 42.5 Å². The number of hydrogen-bond acceptors (Lipinski definition) is 6. The lowest BCUT2D eigenvalue weighted by molar-refractivity contribution is -0.122. The molecule has 0 fully saturated rings. The normalized spacial score (nSPS) is 15.1. The Kier molecular flexibility index (Phi) is 7.45. The molecule has 0 bridgehead atoms. The first kappa shape index (κ1) is 27.5. The van der Waals surface area contributed by atoms with Crippen LogP contribution in [0.15, 0.2) is 107 Å². The topological polar surface area (TPSA) is 122 Å². The van der Waals surface area contributed by atoms with E-state index in [0.717, 1.165) is 9.87 Å². The summed E-state index contributed by atoms with van der Waals surface area (Å²) in [5, 5.41) is 3.07. The predicted molar refractivity (Wildman–Crippen MR) is 154 cm³/mol. The molecule has 0 saturated heterocycles. The number of aryl methyl sites for hydroxylation is 1. The fourth-order valence-corrected chi connectivity index (χ4v) is 6.81. The van der Waals surface area contributed by atoms with E-state index in [9.17, 15) is 21.6 Å². The number of para-hydroxylation sites is 2. The van der Waals surface area contributed by atoms with Gasteiger partial charge in [0, 0.05) is 16.4 Å². The second kappa shape index (κ2) is 10.8. The number of ether oxygens (including phenoxy) is 1. The summed E-state index contributed by atoms with van der Waals surface area (Å²) in [6.07, 6.45) is -1.18. The fourth-order valence-electron chi connectivity index (χ4n) is 4.16. The molecule has 2 N–H and O–H groups in total. The molecular weight excluding hydrogens is 574 g/mol. The highest BCUT2D eigenvalue weighted by Gasteiger charge is 2.37. The first-order chi connectivity index (χ1) is 19.0. The zero-order chi connectivity index (χ0) is 28.5. The molecular formula is C28H24ClN3O6S2. The Morgan fingerprint density at radius 2 is 1.52 bits per heavy atom. The highest BCUT2D eigenvalue weighted by Crippen LogP contribution is 2.37. The Labute approximate surface area is 237 Å². The number of carbonyl (C=O) groups is 1.